The molecule has 1 atom stereocenters. The second-order valence-corrected chi connectivity index (χ2v) is 16.3. The Bertz CT molecular complexity index is 2810. The van der Waals surface area contributed by atoms with Crippen molar-refractivity contribution in [2.75, 3.05) is 0 Å². The summed E-state index contributed by atoms with van der Waals surface area (Å²) < 4.78 is 13.6. The predicted molar refractivity (Wildman–Crippen MR) is 253 cm³/mol. The molecular weight excluding hydrogens is 761 g/mol. The molecule has 0 saturated carbocycles. The molecule has 0 aliphatic heterocycles. The zero-order valence-corrected chi connectivity index (χ0v) is 35.9. The highest BCUT2D eigenvalue weighted by molar-refractivity contribution is 6.09. The fourth-order valence-corrected chi connectivity index (χ4v) is 7.69. The molecule has 306 valence electrons. The summed E-state index contributed by atoms with van der Waals surface area (Å²) >= 11 is 0. The van der Waals surface area contributed by atoms with Crippen molar-refractivity contribution in [3.63, 3.8) is 0 Å². The van der Waals surface area contributed by atoms with Crippen LogP contribution >= 0.6 is 0 Å². The smallest absolute Gasteiger partial charge is 0.193 e. The van der Waals surface area contributed by atoms with Gasteiger partial charge >= 0.3 is 0 Å². The van der Waals surface area contributed by atoms with E-state index in [1.165, 1.54) is 5.56 Å². The van der Waals surface area contributed by atoms with Gasteiger partial charge in [-0.1, -0.05) is 172 Å². The molecular formula is C58H50O4. The second kappa shape index (κ2) is 18.1. The maximum absolute atomic E-state index is 13.3. The van der Waals surface area contributed by atoms with Gasteiger partial charge in [-0.15, -0.1) is 0 Å². The summed E-state index contributed by atoms with van der Waals surface area (Å²) in [5, 5.41) is 0. The molecule has 0 saturated heterocycles. The first kappa shape index (κ1) is 41.4. The van der Waals surface area contributed by atoms with Crippen molar-refractivity contribution in [1.29, 1.82) is 0 Å². The summed E-state index contributed by atoms with van der Waals surface area (Å²) in [5.41, 5.74) is 11.3. The molecule has 4 nitrogen and oxygen atoms in total. The van der Waals surface area contributed by atoms with Crippen LogP contribution in [0.2, 0.25) is 0 Å². The van der Waals surface area contributed by atoms with E-state index < -0.39 is 5.60 Å². The standard InChI is InChI=1S/C58H50O4/c1-6-58(5,50-31-25-46(26-32-50)56(59)44-19-17-40(4)18-20-44)62-55-36-30-49(38-53(55)43-15-11-8-12-16-43)48-29-35-54(52(37-48)42-13-9-7-10-14-42)61-51-33-27-47(28-34-51)57(60)45-23-21-41(22-24-45)39(2)3/h7-39H,6H2,1-5H3. The van der Waals surface area contributed by atoms with Crippen LogP contribution in [0.3, 0.4) is 0 Å². The first-order valence-electron chi connectivity index (χ1n) is 21.3. The summed E-state index contributed by atoms with van der Waals surface area (Å²) in [6.07, 6.45) is 0.710. The third-order valence-corrected chi connectivity index (χ3v) is 11.7. The van der Waals surface area contributed by atoms with Crippen molar-refractivity contribution in [3.8, 4) is 50.6 Å². The Morgan fingerprint density at radius 1 is 0.500 bits per heavy atom. The van der Waals surface area contributed by atoms with Crippen molar-refractivity contribution in [1.82, 2.24) is 0 Å². The first-order valence-corrected chi connectivity index (χ1v) is 21.3. The van der Waals surface area contributed by atoms with E-state index in [9.17, 15) is 9.59 Å². The van der Waals surface area contributed by atoms with Crippen LogP contribution in [-0.4, -0.2) is 11.6 Å². The minimum atomic E-state index is -0.666. The van der Waals surface area contributed by atoms with Crippen LogP contribution in [0.25, 0.3) is 33.4 Å². The molecule has 0 aliphatic carbocycles. The molecule has 0 radical (unpaired) electrons. The van der Waals surface area contributed by atoms with Gasteiger partial charge in [-0.25, -0.2) is 0 Å². The number of hydrogen-bond acceptors (Lipinski definition) is 4. The number of ketones is 2. The molecule has 0 amide bonds. The molecule has 0 N–H and O–H groups in total. The zero-order valence-electron chi connectivity index (χ0n) is 35.9. The Morgan fingerprint density at radius 3 is 1.42 bits per heavy atom. The molecule has 0 fully saturated rings. The van der Waals surface area contributed by atoms with Gasteiger partial charge < -0.3 is 9.47 Å². The van der Waals surface area contributed by atoms with E-state index >= 15 is 0 Å². The third kappa shape index (κ3) is 9.06. The largest absolute Gasteiger partial charge is 0.482 e. The molecule has 0 spiro atoms. The second-order valence-electron chi connectivity index (χ2n) is 16.3. The van der Waals surface area contributed by atoms with E-state index in [1.54, 1.807) is 0 Å². The van der Waals surface area contributed by atoms with E-state index in [4.69, 9.17) is 9.47 Å². The average molecular weight is 811 g/mol. The molecule has 62 heavy (non-hydrogen) atoms. The number of carbonyl (C=O) groups excluding carboxylic acids is 2. The fraction of sp³-hybridized carbons (Fsp3) is 0.138. The number of ether oxygens (including phenoxy) is 2. The summed E-state index contributed by atoms with van der Waals surface area (Å²) in [6.45, 7) is 10.5. The molecule has 1 unspecified atom stereocenters. The Morgan fingerprint density at radius 2 is 0.935 bits per heavy atom. The van der Waals surface area contributed by atoms with E-state index in [1.807, 2.05) is 146 Å². The van der Waals surface area contributed by atoms with Gasteiger partial charge in [0, 0.05) is 33.4 Å². The topological polar surface area (TPSA) is 52.6 Å². The Hall–Kier alpha value is -7.30. The van der Waals surface area contributed by atoms with E-state index in [2.05, 4.69) is 82.3 Å². The summed E-state index contributed by atoms with van der Waals surface area (Å²) in [5.74, 6) is 2.49. The predicted octanol–water partition coefficient (Wildman–Crippen LogP) is 15.1. The lowest BCUT2D eigenvalue weighted by molar-refractivity contribution is 0.0832. The van der Waals surface area contributed by atoms with Crippen molar-refractivity contribution < 1.29 is 19.1 Å². The Balaban J connectivity index is 1.08. The molecule has 8 aromatic carbocycles. The van der Waals surface area contributed by atoms with Gasteiger partial charge in [-0.2, -0.15) is 0 Å². The van der Waals surface area contributed by atoms with Gasteiger partial charge in [0.1, 0.15) is 22.8 Å². The molecule has 4 heteroatoms. The van der Waals surface area contributed by atoms with Crippen LogP contribution in [0.15, 0.2) is 194 Å². The minimum absolute atomic E-state index is 0.00126. The minimum Gasteiger partial charge on any atom is -0.482 e. The van der Waals surface area contributed by atoms with E-state index in [0.717, 1.165) is 50.3 Å². The SMILES string of the molecule is CCC(C)(Oc1ccc(-c2ccc(Oc3ccc(C(=O)c4ccc(C(C)C)cc4)cc3)c(-c3ccccc3)c2)cc1-c1ccccc1)c1ccc(C(=O)c2ccc(C)cc2)cc1. The zero-order chi connectivity index (χ0) is 43.2. The number of rotatable bonds is 14. The summed E-state index contributed by atoms with van der Waals surface area (Å²) in [4.78, 5) is 26.6. The molecule has 0 aliphatic rings. The van der Waals surface area contributed by atoms with Crippen molar-refractivity contribution in [3.05, 3.63) is 233 Å². The molecule has 0 aromatic heterocycles. The van der Waals surface area contributed by atoms with E-state index in [-0.39, 0.29) is 11.6 Å². The van der Waals surface area contributed by atoms with Crippen LogP contribution in [0.1, 0.15) is 88.6 Å². The maximum atomic E-state index is 13.3. The van der Waals surface area contributed by atoms with Crippen LogP contribution in [0.5, 0.6) is 17.2 Å². The van der Waals surface area contributed by atoms with Gasteiger partial charge in [0.2, 0.25) is 0 Å². The first-order chi connectivity index (χ1) is 30.1. The van der Waals surface area contributed by atoms with Crippen LogP contribution in [-0.2, 0) is 5.60 Å². The molecule has 0 bridgehead atoms. The van der Waals surface area contributed by atoms with Crippen LogP contribution in [0, 0.1) is 6.92 Å². The third-order valence-electron chi connectivity index (χ3n) is 11.7. The van der Waals surface area contributed by atoms with Gasteiger partial charge in [0.05, 0.1) is 0 Å². The Labute approximate surface area is 365 Å². The summed E-state index contributed by atoms with van der Waals surface area (Å²) in [6, 6.07) is 63.9. The lowest BCUT2D eigenvalue weighted by Crippen LogP contribution is -2.29. The highest BCUT2D eigenvalue weighted by Gasteiger charge is 2.29. The normalized spacial score (nSPS) is 12.1. The van der Waals surface area contributed by atoms with Crippen molar-refractivity contribution >= 4 is 11.6 Å². The molecule has 0 heterocycles. The number of aryl methyl sites for hydroxylation is 1. The average Bonchev–Trinajstić information content (AvgIpc) is 3.32. The maximum Gasteiger partial charge on any atom is 0.193 e. The number of carbonyl (C=O) groups is 2. The van der Waals surface area contributed by atoms with Gasteiger partial charge in [0.15, 0.2) is 11.6 Å². The fourth-order valence-electron chi connectivity index (χ4n) is 7.69. The number of benzene rings is 8. The highest BCUT2D eigenvalue weighted by atomic mass is 16.5. The van der Waals surface area contributed by atoms with Gasteiger partial charge in [-0.05, 0) is 108 Å². The van der Waals surface area contributed by atoms with E-state index in [0.29, 0.717) is 46.1 Å². The van der Waals surface area contributed by atoms with Crippen molar-refractivity contribution in [2.45, 2.75) is 52.6 Å². The molecule has 8 aromatic rings. The monoisotopic (exact) mass is 810 g/mol. The van der Waals surface area contributed by atoms with Crippen LogP contribution < -0.4 is 9.47 Å². The lowest BCUT2D eigenvalue weighted by atomic mass is 9.90. The molecule has 8 rings (SSSR count). The van der Waals surface area contributed by atoms with Crippen LogP contribution in [0.4, 0.5) is 0 Å². The lowest BCUT2D eigenvalue weighted by Gasteiger charge is -2.31. The highest BCUT2D eigenvalue weighted by Crippen LogP contribution is 2.42. The van der Waals surface area contributed by atoms with Crippen molar-refractivity contribution in [2.24, 2.45) is 0 Å². The van der Waals surface area contributed by atoms with Gasteiger partial charge in [0.25, 0.3) is 0 Å². The van der Waals surface area contributed by atoms with Gasteiger partial charge in [-0.3, -0.25) is 9.59 Å². The quantitative estimate of drug-likeness (QED) is 0.103. The number of hydrogen-bond donors (Lipinski definition) is 0. The Kier molecular flexibility index (Phi) is 12.1. The summed E-state index contributed by atoms with van der Waals surface area (Å²) in [7, 11) is 0.